The van der Waals surface area contributed by atoms with E-state index in [0.29, 0.717) is 11.8 Å². The Bertz CT molecular complexity index is 1200. The molecule has 0 saturated carbocycles. The number of hydrogen-bond acceptors (Lipinski definition) is 8. The number of aliphatic hydroxyl groups is 1. The number of halogens is 2. The molecule has 0 aliphatic heterocycles. The fraction of sp³-hybridized carbons (Fsp3) is 0.208. The van der Waals surface area contributed by atoms with Crippen LogP contribution >= 0.6 is 0 Å². The normalized spacial score (nSPS) is 13.6. The molecule has 0 aliphatic rings. The Morgan fingerprint density at radius 2 is 2.00 bits per heavy atom. The molecule has 0 spiro atoms. The summed E-state index contributed by atoms with van der Waals surface area (Å²) in [5.74, 6) is 4.83. The summed E-state index contributed by atoms with van der Waals surface area (Å²) in [4.78, 5) is 14.8. The van der Waals surface area contributed by atoms with Gasteiger partial charge in [0.15, 0.2) is 5.78 Å². The number of hydrazine groups is 1. The van der Waals surface area contributed by atoms with Crippen molar-refractivity contribution in [2.75, 3.05) is 13.2 Å². The van der Waals surface area contributed by atoms with Gasteiger partial charge < -0.3 is 20.6 Å². The maximum Gasteiger partial charge on any atom is 0.152 e. The fourth-order valence-electron chi connectivity index (χ4n) is 3.32. The van der Waals surface area contributed by atoms with E-state index in [0.717, 1.165) is 22.7 Å². The van der Waals surface area contributed by atoms with Crippen molar-refractivity contribution in [2.45, 2.75) is 19.1 Å². The van der Waals surface area contributed by atoms with Crippen molar-refractivity contribution in [1.29, 1.82) is 0 Å². The molecule has 1 atom stereocenters. The number of allylic oxidation sites excluding steroid dienone is 1. The van der Waals surface area contributed by atoms with E-state index in [1.807, 2.05) is 0 Å². The highest BCUT2D eigenvalue weighted by molar-refractivity contribution is 5.91. The third-order valence-corrected chi connectivity index (χ3v) is 4.89. The molecule has 0 amide bonds. The first-order chi connectivity index (χ1) is 16.6. The lowest BCUT2D eigenvalue weighted by molar-refractivity contribution is -0.112. The highest BCUT2D eigenvalue weighted by Crippen LogP contribution is 2.27. The number of nitrogens with zero attached hydrogens (tertiary/aromatic N) is 4. The van der Waals surface area contributed by atoms with Gasteiger partial charge in [0, 0.05) is 17.8 Å². The highest BCUT2D eigenvalue weighted by Gasteiger charge is 2.35. The molecule has 3 rings (SSSR count). The second-order valence-electron chi connectivity index (χ2n) is 7.93. The number of carbonyl (C=O) groups excluding carboxylic acids is 1. The minimum Gasteiger partial charge on any atom is -0.487 e. The van der Waals surface area contributed by atoms with Crippen LogP contribution in [-0.2, 0) is 16.9 Å². The number of hydrogen-bond donors (Lipinski definition) is 3. The number of nitrogens with two attached hydrogens (primary N) is 2. The third kappa shape index (κ3) is 7.45. The van der Waals surface area contributed by atoms with E-state index >= 15 is 0 Å². The number of ether oxygens (including phenoxy) is 1. The average molecular weight is 485 g/mol. The first-order valence-electron chi connectivity index (χ1n) is 10.5. The molecule has 11 heteroatoms. The van der Waals surface area contributed by atoms with Crippen LogP contribution in [0.15, 0.2) is 73.1 Å². The van der Waals surface area contributed by atoms with Gasteiger partial charge >= 0.3 is 0 Å². The molecule has 35 heavy (non-hydrogen) atoms. The molecule has 2 aromatic carbocycles. The van der Waals surface area contributed by atoms with Crippen LogP contribution < -0.4 is 16.3 Å². The smallest absolute Gasteiger partial charge is 0.152 e. The maximum atomic E-state index is 14.5. The largest absolute Gasteiger partial charge is 0.487 e. The maximum absolute atomic E-state index is 14.5. The molecule has 0 saturated heterocycles. The summed E-state index contributed by atoms with van der Waals surface area (Å²) in [5, 5.41) is 16.4. The number of carbonyl (C=O) groups is 1. The van der Waals surface area contributed by atoms with Crippen LogP contribution in [0.2, 0.25) is 0 Å². The zero-order chi connectivity index (χ0) is 25.4. The van der Waals surface area contributed by atoms with E-state index < -0.39 is 17.2 Å². The monoisotopic (exact) mass is 484 g/mol. The minimum absolute atomic E-state index is 0.0112. The minimum atomic E-state index is -1.89. The first kappa shape index (κ1) is 25.5. The van der Waals surface area contributed by atoms with Crippen LogP contribution in [-0.4, -0.2) is 43.8 Å². The van der Waals surface area contributed by atoms with Crippen LogP contribution in [0.3, 0.4) is 0 Å². The number of aromatic nitrogens is 3. The summed E-state index contributed by atoms with van der Waals surface area (Å²) in [5.41, 5.74) is 5.03. The average Bonchev–Trinajstić information content (AvgIpc) is 3.29. The Labute approximate surface area is 200 Å². The number of benzene rings is 2. The van der Waals surface area contributed by atoms with Crippen LogP contribution in [0.25, 0.3) is 6.08 Å². The molecule has 1 heterocycles. The zero-order valence-electron chi connectivity index (χ0n) is 19.0. The molecule has 0 fully saturated rings. The lowest BCUT2D eigenvalue weighted by Crippen LogP contribution is -2.45. The van der Waals surface area contributed by atoms with Crippen molar-refractivity contribution in [3.8, 4) is 5.75 Å². The Hall–Kier alpha value is -4.09. The second-order valence-corrected chi connectivity index (χ2v) is 7.93. The molecular weight excluding hydrogens is 458 g/mol. The lowest BCUT2D eigenvalue weighted by atomic mass is 9.92. The van der Waals surface area contributed by atoms with E-state index in [1.54, 1.807) is 30.3 Å². The quantitative estimate of drug-likeness (QED) is 0.214. The second kappa shape index (κ2) is 11.4. The Morgan fingerprint density at radius 1 is 1.26 bits per heavy atom. The van der Waals surface area contributed by atoms with E-state index in [2.05, 4.69) is 10.1 Å². The van der Waals surface area contributed by atoms with Gasteiger partial charge in [-0.15, -0.1) is 0 Å². The van der Waals surface area contributed by atoms with E-state index in [4.69, 9.17) is 16.3 Å². The van der Waals surface area contributed by atoms with Crippen molar-refractivity contribution < 1.29 is 23.4 Å². The summed E-state index contributed by atoms with van der Waals surface area (Å²) in [7, 11) is 0. The molecular formula is C24H26F2N6O3. The van der Waals surface area contributed by atoms with Gasteiger partial charge in [-0.1, -0.05) is 24.3 Å². The van der Waals surface area contributed by atoms with Gasteiger partial charge in [-0.25, -0.2) is 24.3 Å². The molecule has 0 radical (unpaired) electrons. The van der Waals surface area contributed by atoms with Crippen molar-refractivity contribution in [2.24, 2.45) is 11.6 Å². The van der Waals surface area contributed by atoms with Crippen molar-refractivity contribution in [3.05, 3.63) is 95.9 Å². The molecule has 5 N–H and O–H groups in total. The highest BCUT2D eigenvalue weighted by atomic mass is 19.1. The van der Waals surface area contributed by atoms with Gasteiger partial charge in [0.2, 0.25) is 0 Å². The standard InChI is InChI=1S/C24H26F2N6O3/c1-17(33)2-3-18-4-7-21(8-5-18)35-12-20(27)11-31(28)13-24(34,14-32-16-29-15-30-32)22-9-6-19(25)10-23(22)26/h2-11,15-16,34H,12-14,27-28H2,1H3/b3-2+,20-11-. The number of ketones is 1. The van der Waals surface area contributed by atoms with E-state index in [-0.39, 0.29) is 36.7 Å². The summed E-state index contributed by atoms with van der Waals surface area (Å²) in [6.45, 7) is 0.962. The van der Waals surface area contributed by atoms with Crippen molar-refractivity contribution in [3.63, 3.8) is 0 Å². The van der Waals surface area contributed by atoms with E-state index in [1.165, 1.54) is 36.5 Å². The van der Waals surface area contributed by atoms with Gasteiger partial charge in [-0.3, -0.25) is 4.79 Å². The van der Waals surface area contributed by atoms with Crippen molar-refractivity contribution >= 4 is 11.9 Å². The molecule has 1 unspecified atom stereocenters. The van der Waals surface area contributed by atoms with Crippen molar-refractivity contribution in [1.82, 2.24) is 19.8 Å². The number of rotatable bonds is 11. The topological polar surface area (TPSA) is 133 Å². The fourth-order valence-corrected chi connectivity index (χ4v) is 3.32. The van der Waals surface area contributed by atoms with Crippen LogP contribution in [0, 0.1) is 11.6 Å². The molecule has 184 valence electrons. The van der Waals surface area contributed by atoms with Crippen LogP contribution in [0.4, 0.5) is 8.78 Å². The molecule has 3 aromatic rings. The predicted molar refractivity (Wildman–Crippen MR) is 125 cm³/mol. The van der Waals surface area contributed by atoms with Crippen LogP contribution in [0.1, 0.15) is 18.1 Å². The lowest BCUT2D eigenvalue weighted by Gasteiger charge is -2.32. The summed E-state index contributed by atoms with van der Waals surface area (Å²) in [6, 6.07) is 9.90. The van der Waals surface area contributed by atoms with Gasteiger partial charge in [0.05, 0.1) is 18.8 Å². The first-order valence-corrected chi connectivity index (χ1v) is 10.5. The zero-order valence-corrected chi connectivity index (χ0v) is 19.0. The molecule has 1 aromatic heterocycles. The Kier molecular flexibility index (Phi) is 8.29. The summed E-state index contributed by atoms with van der Waals surface area (Å²) < 4.78 is 34.9. The van der Waals surface area contributed by atoms with E-state index in [9.17, 15) is 18.7 Å². The van der Waals surface area contributed by atoms with Gasteiger partial charge in [0.1, 0.15) is 42.2 Å². The summed E-state index contributed by atoms with van der Waals surface area (Å²) >= 11 is 0. The SMILES string of the molecule is CC(=O)/C=C/c1ccc(OC/C(N)=C/N(N)CC(O)(Cn2cncn2)c2ccc(F)cc2F)cc1. The van der Waals surface area contributed by atoms with Gasteiger partial charge in [-0.2, -0.15) is 5.10 Å². The molecule has 9 nitrogen and oxygen atoms in total. The Morgan fingerprint density at radius 3 is 2.63 bits per heavy atom. The summed E-state index contributed by atoms with van der Waals surface area (Å²) in [6.07, 6.45) is 7.12. The molecule has 0 aliphatic carbocycles. The van der Waals surface area contributed by atoms with Gasteiger partial charge in [0.25, 0.3) is 0 Å². The third-order valence-electron chi connectivity index (χ3n) is 4.89. The Balaban J connectivity index is 1.68. The van der Waals surface area contributed by atoms with Gasteiger partial charge in [-0.05, 0) is 36.8 Å². The predicted octanol–water partition coefficient (Wildman–Crippen LogP) is 2.10. The van der Waals surface area contributed by atoms with Crippen LogP contribution in [0.5, 0.6) is 5.75 Å². The molecule has 0 bridgehead atoms.